The van der Waals surface area contributed by atoms with Gasteiger partial charge in [0.15, 0.2) is 24.7 Å². The third-order valence-corrected chi connectivity index (χ3v) is 14.4. The number of rotatable bonds is 11. The second-order valence-electron chi connectivity index (χ2n) is 19.5. The van der Waals surface area contributed by atoms with Gasteiger partial charge in [-0.2, -0.15) is 0 Å². The van der Waals surface area contributed by atoms with Gasteiger partial charge < -0.3 is 78.2 Å². The first-order chi connectivity index (χ1) is 30.0. The van der Waals surface area contributed by atoms with Gasteiger partial charge >= 0.3 is 5.97 Å². The Balaban J connectivity index is 1.40. The molecule has 0 unspecified atom stereocenters. The maximum Gasteiger partial charge on any atom is 0.308 e. The molecular weight excluding hydrogens is 838 g/mol. The number of methoxy groups -OCH3 is 2. The average molecular weight is 916 g/mol. The molecule has 0 radical (unpaired) electrons. The summed E-state index contributed by atoms with van der Waals surface area (Å²) in [5, 5.41) is 67.5. The lowest BCUT2D eigenvalue weighted by Crippen LogP contribution is -2.65. The van der Waals surface area contributed by atoms with E-state index in [1.165, 1.54) is 27.2 Å². The summed E-state index contributed by atoms with van der Waals surface area (Å²) in [5.74, 6) is -2.85. The van der Waals surface area contributed by atoms with Crippen molar-refractivity contribution in [1.29, 1.82) is 0 Å². The van der Waals surface area contributed by atoms with Crippen LogP contribution in [0, 0.1) is 23.2 Å². The number of ether oxygens (including phenoxy) is 9. The van der Waals surface area contributed by atoms with E-state index in [9.17, 15) is 40.2 Å². The minimum absolute atomic E-state index is 0.0135. The zero-order valence-corrected chi connectivity index (χ0v) is 39.6. The fourth-order valence-electron chi connectivity index (χ4n) is 10.3. The summed E-state index contributed by atoms with van der Waals surface area (Å²) in [6, 6.07) is -0.724. The SMILES string of the molecule is CC[C@H]1OC(=O)C[C@@H](O)[C@H](C)[C@@H](O[C@@H]2O[C@H](C)[C@@H](O[C@H]3C[C@@](C)(O)[C@@H](O)[C@H](C)O3)[C@H](N(C)C)[C@H]2O)[C@H]2C[C@@H](O)[C@](C)(C2)C(=O)/C=C/C(C)=C/[C@@H]1CO[C@@H]1O[C@H](C)[C@@H](O)[C@@H](OC)[C@H]1OC. The maximum absolute atomic E-state index is 14.1. The Kier molecular flexibility index (Phi) is 18.2. The van der Waals surface area contributed by atoms with Crippen molar-refractivity contribution in [1.82, 2.24) is 4.90 Å². The van der Waals surface area contributed by atoms with Crippen LogP contribution in [0.25, 0.3) is 0 Å². The number of carbonyl (C=O) groups excluding carboxylic acids is 2. The Morgan fingerprint density at radius 2 is 1.47 bits per heavy atom. The average Bonchev–Trinajstić information content (AvgIpc) is 3.54. The van der Waals surface area contributed by atoms with Crippen molar-refractivity contribution in [2.75, 3.05) is 34.9 Å². The van der Waals surface area contributed by atoms with Gasteiger partial charge in [0.2, 0.25) is 0 Å². The Labute approximate surface area is 378 Å². The highest BCUT2D eigenvalue weighted by Gasteiger charge is 2.55. The van der Waals surface area contributed by atoms with Gasteiger partial charge in [-0.25, -0.2) is 0 Å². The molecule has 5 aliphatic rings. The van der Waals surface area contributed by atoms with Gasteiger partial charge in [0, 0.05) is 32.5 Å². The molecule has 18 nitrogen and oxygen atoms in total. The van der Waals surface area contributed by atoms with E-state index in [-0.39, 0.29) is 31.7 Å². The monoisotopic (exact) mass is 916 g/mol. The van der Waals surface area contributed by atoms with Crippen molar-refractivity contribution in [3.63, 3.8) is 0 Å². The van der Waals surface area contributed by atoms with E-state index in [1.54, 1.807) is 66.6 Å². The predicted molar refractivity (Wildman–Crippen MR) is 229 cm³/mol. The molecule has 0 amide bonds. The van der Waals surface area contributed by atoms with Crippen molar-refractivity contribution in [3.8, 4) is 0 Å². The number of aliphatic hydroxyl groups excluding tert-OH is 5. The fraction of sp³-hybridized carbons (Fsp3) is 0.870. The van der Waals surface area contributed by atoms with Gasteiger partial charge in [0.1, 0.15) is 42.7 Å². The smallest absolute Gasteiger partial charge is 0.308 e. The molecule has 3 saturated heterocycles. The normalized spacial score (nSPS) is 49.0. The van der Waals surface area contributed by atoms with Crippen LogP contribution in [0.15, 0.2) is 23.8 Å². The van der Waals surface area contributed by atoms with Crippen LogP contribution in [0.3, 0.4) is 0 Å². The molecule has 6 N–H and O–H groups in total. The van der Waals surface area contributed by atoms with E-state index in [0.29, 0.717) is 12.0 Å². The summed E-state index contributed by atoms with van der Waals surface area (Å²) in [6.45, 7) is 13.7. The number of cyclic esters (lactones) is 1. The van der Waals surface area contributed by atoms with Gasteiger partial charge in [0.25, 0.3) is 0 Å². The molecule has 64 heavy (non-hydrogen) atoms. The first kappa shape index (κ1) is 53.0. The lowest BCUT2D eigenvalue weighted by atomic mass is 9.79. The summed E-state index contributed by atoms with van der Waals surface area (Å²) in [6.07, 6.45) is -9.81. The van der Waals surface area contributed by atoms with Crippen molar-refractivity contribution in [2.24, 2.45) is 23.2 Å². The number of aliphatic hydroxyl groups is 6. The highest BCUT2D eigenvalue weighted by molar-refractivity contribution is 5.95. The quantitative estimate of drug-likeness (QED) is 0.161. The molecule has 1 aliphatic carbocycles. The van der Waals surface area contributed by atoms with E-state index in [2.05, 4.69) is 0 Å². The molecule has 0 spiro atoms. The molecule has 18 heteroatoms. The van der Waals surface area contributed by atoms with Crippen molar-refractivity contribution in [3.05, 3.63) is 23.8 Å². The zero-order valence-electron chi connectivity index (χ0n) is 39.6. The van der Waals surface area contributed by atoms with E-state index in [1.807, 2.05) is 13.0 Å². The molecule has 5 rings (SSSR count). The number of nitrogens with zero attached hydrogens (tertiary/aromatic N) is 1. The van der Waals surface area contributed by atoms with Gasteiger partial charge in [0.05, 0.1) is 66.7 Å². The van der Waals surface area contributed by atoms with E-state index >= 15 is 0 Å². The summed E-state index contributed by atoms with van der Waals surface area (Å²) < 4.78 is 54.8. The minimum Gasteiger partial charge on any atom is -0.462 e. The lowest BCUT2D eigenvalue weighted by molar-refractivity contribution is -0.341. The summed E-state index contributed by atoms with van der Waals surface area (Å²) in [7, 11) is 6.47. The third kappa shape index (κ3) is 11.6. The van der Waals surface area contributed by atoms with Crippen LogP contribution in [-0.4, -0.2) is 192 Å². The molecule has 22 atom stereocenters. The highest BCUT2D eigenvalue weighted by atomic mass is 16.7. The van der Waals surface area contributed by atoms with E-state index < -0.39 is 145 Å². The first-order valence-electron chi connectivity index (χ1n) is 22.8. The molecule has 2 bridgehead atoms. The number of likely N-dealkylation sites (N-methyl/N-ethyl adjacent to an activating group) is 1. The van der Waals surface area contributed by atoms with Crippen LogP contribution < -0.4 is 0 Å². The van der Waals surface area contributed by atoms with Crippen molar-refractivity contribution < 1.29 is 82.9 Å². The zero-order chi connectivity index (χ0) is 47.6. The molecular formula is C46H77NO17. The van der Waals surface area contributed by atoms with Crippen LogP contribution in [0.2, 0.25) is 0 Å². The summed E-state index contributed by atoms with van der Waals surface area (Å²) in [4.78, 5) is 29.7. The van der Waals surface area contributed by atoms with Gasteiger partial charge in [-0.15, -0.1) is 0 Å². The van der Waals surface area contributed by atoms with Crippen molar-refractivity contribution >= 4 is 11.8 Å². The predicted octanol–water partition coefficient (Wildman–Crippen LogP) is 1.38. The molecule has 1 saturated carbocycles. The second kappa shape index (κ2) is 22.0. The van der Waals surface area contributed by atoms with Crippen molar-refractivity contribution in [2.45, 2.75) is 197 Å². The highest BCUT2D eigenvalue weighted by Crippen LogP contribution is 2.47. The minimum atomic E-state index is -1.48. The number of allylic oxidation sites excluding steroid dienone is 3. The molecule has 368 valence electrons. The van der Waals surface area contributed by atoms with Crippen LogP contribution in [0.4, 0.5) is 0 Å². The maximum atomic E-state index is 14.1. The van der Waals surface area contributed by atoms with E-state index in [0.717, 1.165) is 0 Å². The Hall–Kier alpha value is -1.98. The van der Waals surface area contributed by atoms with Gasteiger partial charge in [-0.05, 0) is 86.9 Å². The lowest BCUT2D eigenvalue weighted by Gasteiger charge is -2.50. The number of ketones is 1. The van der Waals surface area contributed by atoms with Crippen LogP contribution in [0.5, 0.6) is 0 Å². The van der Waals surface area contributed by atoms with Gasteiger partial charge in [-0.3, -0.25) is 9.59 Å². The van der Waals surface area contributed by atoms with E-state index in [4.69, 9.17) is 42.6 Å². The Morgan fingerprint density at radius 1 is 0.812 bits per heavy atom. The standard InChI is InChI=1S/C46H77NO17/c1-13-30-28(21-58-44-41(57-12)40(56-11)36(52)24(4)60-44)16-22(2)14-15-31(49)45(7)19-27(17-32(45)50)38(23(3)29(48)18-33(51)62-30)64-43-37(53)35(47(9)10)39(25(5)61-43)63-34-20-46(8,55)42(54)26(6)59-34/h14-16,23-30,32,34-44,48,50,52-55H,13,17-21H2,1-12H3/b15-14+,22-16+/t23-,24+,25+,26-,27-,28+,29+,30+,32+,34-,35+,36+,37+,38+,39+,40+,41+,42-,43-,44+,45+,46+/m0/s1. The molecule has 4 fully saturated rings. The molecule has 4 heterocycles. The number of fused-ring (bicyclic) bond motifs is 2. The Bertz CT molecular complexity index is 1610. The molecule has 4 aliphatic heterocycles. The Morgan fingerprint density at radius 3 is 2.08 bits per heavy atom. The molecule has 0 aromatic rings. The second-order valence-corrected chi connectivity index (χ2v) is 19.5. The topological polar surface area (TPSA) is 242 Å². The van der Waals surface area contributed by atoms with Crippen LogP contribution >= 0.6 is 0 Å². The number of carbonyl (C=O) groups is 2. The van der Waals surface area contributed by atoms with Crippen LogP contribution in [-0.2, 0) is 52.2 Å². The number of hydrogen-bond acceptors (Lipinski definition) is 18. The fourth-order valence-corrected chi connectivity index (χ4v) is 10.3. The van der Waals surface area contributed by atoms with Gasteiger partial charge in [-0.1, -0.05) is 31.6 Å². The van der Waals surface area contributed by atoms with Crippen LogP contribution in [0.1, 0.15) is 87.5 Å². The first-order valence-corrected chi connectivity index (χ1v) is 22.8. The molecule has 0 aromatic carbocycles. The summed E-state index contributed by atoms with van der Waals surface area (Å²) >= 11 is 0. The molecule has 0 aromatic heterocycles. The summed E-state index contributed by atoms with van der Waals surface area (Å²) in [5.41, 5.74) is -2.05. The third-order valence-electron chi connectivity index (χ3n) is 14.4. The number of esters is 1. The largest absolute Gasteiger partial charge is 0.462 e. The number of hydrogen-bond donors (Lipinski definition) is 6.